The van der Waals surface area contributed by atoms with Crippen LogP contribution in [0.4, 0.5) is 0 Å². The monoisotopic (exact) mass is 219 g/mol. The molecule has 0 radical (unpaired) electrons. The van der Waals surface area contributed by atoms with Crippen LogP contribution in [0.1, 0.15) is 59.8 Å². The molecule has 0 aromatic carbocycles. The molecular weight excluding hydrogens is 192 g/mol. The summed E-state index contributed by atoms with van der Waals surface area (Å²) in [6, 6.07) is 0. The van der Waals surface area contributed by atoms with Crippen molar-refractivity contribution in [2.24, 2.45) is 11.3 Å². The lowest BCUT2D eigenvalue weighted by atomic mass is 9.80. The highest BCUT2D eigenvalue weighted by Gasteiger charge is 2.20. The Labute approximate surface area is 102 Å². The first-order valence-electron chi connectivity index (χ1n) is 6.58. The maximum Gasteiger partial charge on any atom is 0.0915 e. The highest BCUT2D eigenvalue weighted by Crippen LogP contribution is 2.32. The zero-order valence-electron chi connectivity index (χ0n) is 11.5. The molecule has 0 heterocycles. The van der Waals surface area contributed by atoms with Gasteiger partial charge in [-0.05, 0) is 38.0 Å². The summed E-state index contributed by atoms with van der Waals surface area (Å²) in [6.07, 6.45) is 10.8. The van der Waals surface area contributed by atoms with Crippen LogP contribution in [0.25, 0.3) is 0 Å². The molecule has 0 aliphatic heterocycles. The fourth-order valence-electron chi connectivity index (χ4n) is 2.22. The van der Waals surface area contributed by atoms with Crippen LogP contribution in [0.3, 0.4) is 0 Å². The summed E-state index contributed by atoms with van der Waals surface area (Å²) < 4.78 is 0. The molecule has 0 saturated carbocycles. The molecule has 0 saturated heterocycles. The second-order valence-electron chi connectivity index (χ2n) is 6.34. The summed E-state index contributed by atoms with van der Waals surface area (Å²) >= 11 is 0. The number of rotatable bonds is 4. The minimum Gasteiger partial charge on any atom is -0.0730 e. The van der Waals surface area contributed by atoms with E-state index in [9.17, 15) is 0 Å². The maximum atomic E-state index is 4.12. The van der Waals surface area contributed by atoms with E-state index < -0.39 is 0 Å². The van der Waals surface area contributed by atoms with Crippen molar-refractivity contribution in [3.05, 3.63) is 30.2 Å². The molecular formula is C16H27+. The quantitative estimate of drug-likeness (QED) is 0.561. The number of allylic oxidation sites excluding steroid dienone is 4. The molecule has 1 aliphatic rings. The fraction of sp³-hybridized carbons (Fsp3) is 0.688. The minimum atomic E-state index is 0.453. The van der Waals surface area contributed by atoms with Gasteiger partial charge in [-0.25, -0.2) is 0 Å². The lowest BCUT2D eigenvalue weighted by Crippen LogP contribution is -2.11. The predicted molar refractivity (Wildman–Crippen MR) is 73.2 cm³/mol. The first-order chi connectivity index (χ1) is 7.42. The summed E-state index contributed by atoms with van der Waals surface area (Å²) in [6.45, 7) is 13.3. The topological polar surface area (TPSA) is 0 Å². The van der Waals surface area contributed by atoms with E-state index >= 15 is 0 Å². The van der Waals surface area contributed by atoms with Gasteiger partial charge in [-0.2, -0.15) is 0 Å². The van der Waals surface area contributed by atoms with Crippen LogP contribution in [0.15, 0.2) is 23.3 Å². The molecule has 0 aromatic rings. The Morgan fingerprint density at radius 1 is 1.25 bits per heavy atom. The van der Waals surface area contributed by atoms with Gasteiger partial charge in [-0.1, -0.05) is 44.1 Å². The summed E-state index contributed by atoms with van der Waals surface area (Å²) in [5.41, 5.74) is 3.60. The van der Waals surface area contributed by atoms with Gasteiger partial charge in [0.05, 0.1) is 13.3 Å². The van der Waals surface area contributed by atoms with Crippen molar-refractivity contribution in [2.75, 3.05) is 0 Å². The molecule has 0 nitrogen and oxygen atoms in total. The lowest BCUT2D eigenvalue weighted by Gasteiger charge is -2.24. The SMILES string of the molecule is [CH2+]CC(CCC(C)(C)C)C1=CC=C(C)CC1. The van der Waals surface area contributed by atoms with Crippen LogP contribution in [0.2, 0.25) is 0 Å². The van der Waals surface area contributed by atoms with Crippen molar-refractivity contribution in [3.63, 3.8) is 0 Å². The van der Waals surface area contributed by atoms with E-state index in [4.69, 9.17) is 0 Å². The van der Waals surface area contributed by atoms with Crippen molar-refractivity contribution in [3.8, 4) is 0 Å². The van der Waals surface area contributed by atoms with Gasteiger partial charge in [0.2, 0.25) is 0 Å². The third kappa shape index (κ3) is 4.47. The van der Waals surface area contributed by atoms with Crippen LogP contribution in [-0.2, 0) is 0 Å². The zero-order valence-corrected chi connectivity index (χ0v) is 11.5. The molecule has 0 spiro atoms. The van der Waals surface area contributed by atoms with Gasteiger partial charge in [-0.3, -0.25) is 0 Å². The van der Waals surface area contributed by atoms with Crippen molar-refractivity contribution in [1.82, 2.24) is 0 Å². The largest absolute Gasteiger partial charge is 0.0915 e. The molecule has 0 bridgehead atoms. The predicted octanol–water partition coefficient (Wildman–Crippen LogP) is 5.32. The molecule has 1 atom stereocenters. The highest BCUT2D eigenvalue weighted by atomic mass is 14.2. The van der Waals surface area contributed by atoms with E-state index in [1.165, 1.54) is 31.3 Å². The second-order valence-corrected chi connectivity index (χ2v) is 6.34. The van der Waals surface area contributed by atoms with E-state index in [2.05, 4.69) is 46.8 Å². The normalized spacial score (nSPS) is 19.0. The second kappa shape index (κ2) is 5.61. The molecule has 1 rings (SSSR count). The first-order valence-corrected chi connectivity index (χ1v) is 6.58. The standard InChI is InChI=1S/C16H27/c1-6-14(11-12-16(3,4)5)15-9-7-13(2)8-10-15/h7,9,14H,1,6,8,10-12H2,2-5H3/q+1. The highest BCUT2D eigenvalue weighted by molar-refractivity contribution is 5.24. The average molecular weight is 219 g/mol. The maximum absolute atomic E-state index is 4.12. The molecule has 0 N–H and O–H groups in total. The molecule has 1 aliphatic carbocycles. The minimum absolute atomic E-state index is 0.453. The van der Waals surface area contributed by atoms with Gasteiger partial charge < -0.3 is 0 Å². The van der Waals surface area contributed by atoms with E-state index in [1.54, 1.807) is 5.57 Å². The van der Waals surface area contributed by atoms with Gasteiger partial charge >= 0.3 is 0 Å². The van der Waals surface area contributed by atoms with Crippen molar-refractivity contribution in [2.45, 2.75) is 59.8 Å². The third-order valence-electron chi connectivity index (χ3n) is 3.51. The third-order valence-corrected chi connectivity index (χ3v) is 3.51. The Bertz CT molecular complexity index is 273. The van der Waals surface area contributed by atoms with Crippen LogP contribution < -0.4 is 0 Å². The van der Waals surface area contributed by atoms with Gasteiger partial charge in [0, 0.05) is 5.92 Å². The Morgan fingerprint density at radius 2 is 1.94 bits per heavy atom. The zero-order chi connectivity index (χ0) is 12.2. The van der Waals surface area contributed by atoms with E-state index in [0.717, 1.165) is 6.42 Å². The van der Waals surface area contributed by atoms with E-state index in [0.29, 0.717) is 11.3 Å². The smallest absolute Gasteiger partial charge is 0.0730 e. The summed E-state index contributed by atoms with van der Waals surface area (Å²) in [5.74, 6) is 0.712. The molecule has 0 fully saturated rings. The number of hydrogen-bond acceptors (Lipinski definition) is 0. The van der Waals surface area contributed by atoms with E-state index in [-0.39, 0.29) is 0 Å². The average Bonchev–Trinajstić information content (AvgIpc) is 2.20. The Balaban J connectivity index is 2.55. The van der Waals surface area contributed by atoms with E-state index in [1.807, 2.05) is 0 Å². The molecule has 0 aromatic heterocycles. The molecule has 0 heteroatoms. The Morgan fingerprint density at radius 3 is 2.38 bits per heavy atom. The first kappa shape index (κ1) is 13.4. The van der Waals surface area contributed by atoms with Gasteiger partial charge in [0.15, 0.2) is 0 Å². The molecule has 1 unspecified atom stereocenters. The van der Waals surface area contributed by atoms with Crippen LogP contribution in [0.5, 0.6) is 0 Å². The van der Waals surface area contributed by atoms with Crippen molar-refractivity contribution in [1.29, 1.82) is 0 Å². The van der Waals surface area contributed by atoms with Gasteiger partial charge in [0.25, 0.3) is 0 Å². The molecule has 16 heavy (non-hydrogen) atoms. The Hall–Kier alpha value is -0.650. The van der Waals surface area contributed by atoms with Crippen molar-refractivity contribution < 1.29 is 0 Å². The number of hydrogen-bond donors (Lipinski definition) is 0. The molecule has 90 valence electrons. The van der Waals surface area contributed by atoms with Crippen LogP contribution in [-0.4, -0.2) is 0 Å². The van der Waals surface area contributed by atoms with Gasteiger partial charge in [0.1, 0.15) is 0 Å². The summed E-state index contributed by atoms with van der Waals surface area (Å²) in [7, 11) is 0. The fourth-order valence-corrected chi connectivity index (χ4v) is 2.22. The van der Waals surface area contributed by atoms with Crippen LogP contribution in [0, 0.1) is 18.3 Å². The van der Waals surface area contributed by atoms with Gasteiger partial charge in [-0.15, -0.1) is 0 Å². The van der Waals surface area contributed by atoms with Crippen LogP contribution >= 0.6 is 0 Å². The van der Waals surface area contributed by atoms with Crippen molar-refractivity contribution >= 4 is 0 Å². The molecule has 0 amide bonds. The summed E-state index contributed by atoms with van der Waals surface area (Å²) in [5, 5.41) is 0. The summed E-state index contributed by atoms with van der Waals surface area (Å²) in [4.78, 5) is 0. The lowest BCUT2D eigenvalue weighted by molar-refractivity contribution is 0.334. The Kier molecular flexibility index (Phi) is 4.70.